The molecule has 5 nitrogen and oxygen atoms in total. The molecule has 1 aliphatic rings. The van der Waals surface area contributed by atoms with E-state index in [0.29, 0.717) is 11.3 Å². The van der Waals surface area contributed by atoms with Crippen molar-refractivity contribution in [3.63, 3.8) is 0 Å². The number of ether oxygens (including phenoxy) is 2. The molecular formula is C15H19NO4. The highest BCUT2D eigenvalue weighted by Crippen LogP contribution is 2.14. The maximum atomic E-state index is 11.9. The zero-order valence-electron chi connectivity index (χ0n) is 11.6. The van der Waals surface area contributed by atoms with E-state index in [1.165, 1.54) is 13.5 Å². The molecule has 1 aliphatic heterocycles. The molecule has 1 saturated heterocycles. The van der Waals surface area contributed by atoms with Crippen LogP contribution in [-0.4, -0.2) is 43.6 Å². The van der Waals surface area contributed by atoms with Gasteiger partial charge in [-0.05, 0) is 43.5 Å². The number of amides is 1. The summed E-state index contributed by atoms with van der Waals surface area (Å²) in [6.45, 7) is 1.69. The monoisotopic (exact) mass is 277 g/mol. The second-order valence-electron chi connectivity index (χ2n) is 4.75. The Balaban J connectivity index is 1.84. The van der Waals surface area contributed by atoms with Crippen LogP contribution in [0.1, 0.15) is 29.6 Å². The summed E-state index contributed by atoms with van der Waals surface area (Å²) in [5.41, 5.74) is 0.460. The molecule has 0 unspecified atom stereocenters. The zero-order valence-corrected chi connectivity index (χ0v) is 11.6. The molecule has 5 heteroatoms. The molecule has 0 spiro atoms. The average molecular weight is 277 g/mol. The van der Waals surface area contributed by atoms with E-state index in [1.54, 1.807) is 24.3 Å². The lowest BCUT2D eigenvalue weighted by molar-refractivity contribution is -0.134. The predicted octanol–water partition coefficient (Wildman–Crippen LogP) is 1.86. The van der Waals surface area contributed by atoms with Crippen molar-refractivity contribution in [3.8, 4) is 5.75 Å². The molecule has 0 aliphatic carbocycles. The molecule has 1 heterocycles. The summed E-state index contributed by atoms with van der Waals surface area (Å²) < 4.78 is 10.1. The lowest BCUT2D eigenvalue weighted by atomic mass is 10.1. The topological polar surface area (TPSA) is 55.8 Å². The summed E-state index contributed by atoms with van der Waals surface area (Å²) in [5, 5.41) is 0. The van der Waals surface area contributed by atoms with Crippen molar-refractivity contribution < 1.29 is 19.1 Å². The summed E-state index contributed by atoms with van der Waals surface area (Å²) in [6.07, 6.45) is 3.33. The number of carbonyl (C=O) groups is 2. The molecule has 20 heavy (non-hydrogen) atoms. The highest BCUT2D eigenvalue weighted by Gasteiger charge is 2.16. The molecule has 0 saturated carbocycles. The van der Waals surface area contributed by atoms with Crippen LogP contribution in [0.25, 0.3) is 0 Å². The van der Waals surface area contributed by atoms with Gasteiger partial charge in [0.1, 0.15) is 5.75 Å². The molecule has 1 amide bonds. The first-order valence-electron chi connectivity index (χ1n) is 6.79. The third-order valence-corrected chi connectivity index (χ3v) is 3.35. The second-order valence-corrected chi connectivity index (χ2v) is 4.75. The third kappa shape index (κ3) is 3.73. The number of nitrogens with zero attached hydrogens (tertiary/aromatic N) is 1. The quantitative estimate of drug-likeness (QED) is 0.788. The van der Waals surface area contributed by atoms with Crippen molar-refractivity contribution in [2.24, 2.45) is 0 Å². The first kappa shape index (κ1) is 14.4. The van der Waals surface area contributed by atoms with Gasteiger partial charge in [0, 0.05) is 13.1 Å². The summed E-state index contributed by atoms with van der Waals surface area (Å²) in [4.78, 5) is 25.0. The average Bonchev–Trinajstić information content (AvgIpc) is 2.53. The van der Waals surface area contributed by atoms with Gasteiger partial charge >= 0.3 is 5.97 Å². The minimum atomic E-state index is -0.388. The summed E-state index contributed by atoms with van der Waals surface area (Å²) in [7, 11) is 1.34. The van der Waals surface area contributed by atoms with Gasteiger partial charge in [0.2, 0.25) is 0 Å². The van der Waals surface area contributed by atoms with E-state index in [1.807, 2.05) is 4.90 Å². The number of hydrogen-bond acceptors (Lipinski definition) is 4. The van der Waals surface area contributed by atoms with E-state index in [9.17, 15) is 9.59 Å². The van der Waals surface area contributed by atoms with E-state index < -0.39 is 0 Å². The molecule has 1 aromatic carbocycles. The van der Waals surface area contributed by atoms with Crippen molar-refractivity contribution in [1.82, 2.24) is 4.90 Å². The minimum absolute atomic E-state index is 0.0155. The van der Waals surface area contributed by atoms with Gasteiger partial charge in [-0.25, -0.2) is 4.79 Å². The van der Waals surface area contributed by atoms with Crippen molar-refractivity contribution in [2.75, 3.05) is 26.8 Å². The van der Waals surface area contributed by atoms with E-state index in [0.717, 1.165) is 25.9 Å². The normalized spacial score (nSPS) is 14.8. The first-order valence-corrected chi connectivity index (χ1v) is 6.79. The number of carbonyl (C=O) groups excluding carboxylic acids is 2. The van der Waals surface area contributed by atoms with Gasteiger partial charge in [-0.2, -0.15) is 0 Å². The SMILES string of the molecule is COC(=O)c1ccc(OCC(=O)N2CCCCC2)cc1. The van der Waals surface area contributed by atoms with Gasteiger partial charge in [0.25, 0.3) is 5.91 Å². The third-order valence-electron chi connectivity index (χ3n) is 3.35. The van der Waals surface area contributed by atoms with Crippen molar-refractivity contribution in [2.45, 2.75) is 19.3 Å². The Bertz CT molecular complexity index is 463. The molecule has 1 fully saturated rings. The Kier molecular flexibility index (Phi) is 4.98. The molecule has 0 radical (unpaired) electrons. The van der Waals surface area contributed by atoms with E-state index >= 15 is 0 Å². The van der Waals surface area contributed by atoms with Crippen molar-refractivity contribution in [1.29, 1.82) is 0 Å². The second kappa shape index (κ2) is 6.93. The Morgan fingerprint density at radius 3 is 2.35 bits per heavy atom. The summed E-state index contributed by atoms with van der Waals surface area (Å²) in [6, 6.07) is 6.56. The number of likely N-dealkylation sites (tertiary alicyclic amines) is 1. The van der Waals surface area contributed by atoms with Crippen LogP contribution in [0.3, 0.4) is 0 Å². The first-order chi connectivity index (χ1) is 9.70. The number of esters is 1. The van der Waals surface area contributed by atoms with E-state index in [2.05, 4.69) is 4.74 Å². The number of methoxy groups -OCH3 is 1. The minimum Gasteiger partial charge on any atom is -0.484 e. The summed E-state index contributed by atoms with van der Waals surface area (Å²) in [5.74, 6) is 0.200. The summed E-state index contributed by atoms with van der Waals surface area (Å²) >= 11 is 0. The fourth-order valence-corrected chi connectivity index (χ4v) is 2.18. The number of rotatable bonds is 4. The Morgan fingerprint density at radius 2 is 1.75 bits per heavy atom. The predicted molar refractivity (Wildman–Crippen MR) is 73.7 cm³/mol. The van der Waals surface area contributed by atoms with Crippen LogP contribution in [0.2, 0.25) is 0 Å². The van der Waals surface area contributed by atoms with Crippen LogP contribution in [0, 0.1) is 0 Å². The highest BCUT2D eigenvalue weighted by molar-refractivity contribution is 5.89. The number of benzene rings is 1. The maximum Gasteiger partial charge on any atom is 0.337 e. The fourth-order valence-electron chi connectivity index (χ4n) is 2.18. The number of hydrogen-bond donors (Lipinski definition) is 0. The fraction of sp³-hybridized carbons (Fsp3) is 0.467. The van der Waals surface area contributed by atoms with Crippen LogP contribution < -0.4 is 4.74 Å². The van der Waals surface area contributed by atoms with Gasteiger partial charge in [0.05, 0.1) is 12.7 Å². The zero-order chi connectivity index (χ0) is 14.4. The Morgan fingerprint density at radius 1 is 1.10 bits per heavy atom. The van der Waals surface area contributed by atoms with Crippen LogP contribution in [0.15, 0.2) is 24.3 Å². The number of piperidine rings is 1. The molecule has 0 atom stereocenters. The van der Waals surface area contributed by atoms with Gasteiger partial charge in [-0.15, -0.1) is 0 Å². The van der Waals surface area contributed by atoms with Gasteiger partial charge < -0.3 is 14.4 Å². The van der Waals surface area contributed by atoms with Gasteiger partial charge in [-0.1, -0.05) is 0 Å². The molecule has 2 rings (SSSR count). The van der Waals surface area contributed by atoms with E-state index in [4.69, 9.17) is 4.74 Å². The molecule has 108 valence electrons. The van der Waals surface area contributed by atoms with Crippen LogP contribution in [0.5, 0.6) is 5.75 Å². The lowest BCUT2D eigenvalue weighted by Gasteiger charge is -2.26. The maximum absolute atomic E-state index is 11.9. The largest absolute Gasteiger partial charge is 0.484 e. The molecule has 0 N–H and O–H groups in total. The van der Waals surface area contributed by atoms with Crippen LogP contribution in [-0.2, 0) is 9.53 Å². The lowest BCUT2D eigenvalue weighted by Crippen LogP contribution is -2.38. The molecule has 0 aromatic heterocycles. The molecule has 0 bridgehead atoms. The van der Waals surface area contributed by atoms with Gasteiger partial charge in [0.15, 0.2) is 6.61 Å². The van der Waals surface area contributed by atoms with Gasteiger partial charge in [-0.3, -0.25) is 4.79 Å². The Hall–Kier alpha value is -2.04. The smallest absolute Gasteiger partial charge is 0.337 e. The molecular weight excluding hydrogens is 258 g/mol. The van der Waals surface area contributed by atoms with Crippen molar-refractivity contribution in [3.05, 3.63) is 29.8 Å². The Labute approximate surface area is 118 Å². The van der Waals surface area contributed by atoms with Crippen LogP contribution in [0.4, 0.5) is 0 Å². The van der Waals surface area contributed by atoms with Crippen molar-refractivity contribution >= 4 is 11.9 Å². The highest BCUT2D eigenvalue weighted by atomic mass is 16.5. The van der Waals surface area contributed by atoms with E-state index in [-0.39, 0.29) is 18.5 Å². The van der Waals surface area contributed by atoms with Crippen LogP contribution >= 0.6 is 0 Å². The standard InChI is InChI=1S/C15H19NO4/c1-19-15(18)12-5-7-13(8-6-12)20-11-14(17)16-9-3-2-4-10-16/h5-8H,2-4,9-11H2,1H3. The molecule has 1 aromatic rings.